The van der Waals surface area contributed by atoms with E-state index in [0.717, 1.165) is 0 Å². The van der Waals surface area contributed by atoms with Crippen LogP contribution in [0.2, 0.25) is 10.0 Å². The molecular weight excluding hydrogens is 481 g/mol. The highest BCUT2D eigenvalue weighted by atomic mass is 35.6. The van der Waals surface area contributed by atoms with Crippen LogP contribution in [0.25, 0.3) is 16.9 Å². The van der Waals surface area contributed by atoms with Gasteiger partial charge < -0.3 is 9.84 Å². The molecule has 0 saturated carbocycles. The summed E-state index contributed by atoms with van der Waals surface area (Å²) in [6.45, 7) is 1.28. The van der Waals surface area contributed by atoms with Crippen molar-refractivity contribution < 1.29 is 14.6 Å². The summed E-state index contributed by atoms with van der Waals surface area (Å²) in [5, 5.41) is 14.8. The number of phenolic OH excluding ortho intramolecular Hbond substituents is 1. The van der Waals surface area contributed by atoms with E-state index in [-0.39, 0.29) is 11.4 Å². The summed E-state index contributed by atoms with van der Waals surface area (Å²) < 4.78 is 4.84. The van der Waals surface area contributed by atoms with Crippen LogP contribution >= 0.6 is 58.0 Å². The van der Waals surface area contributed by atoms with Gasteiger partial charge in [-0.05, 0) is 49.4 Å². The Labute approximate surface area is 191 Å². The first-order valence-electron chi connectivity index (χ1n) is 8.15. The number of phenols is 1. The van der Waals surface area contributed by atoms with Crippen molar-refractivity contribution in [2.75, 3.05) is 6.61 Å². The van der Waals surface area contributed by atoms with Crippen LogP contribution in [0.4, 0.5) is 0 Å². The molecule has 5 nitrogen and oxygen atoms in total. The average Bonchev–Trinajstić information content (AvgIpc) is 2.97. The molecule has 0 unspecified atom stereocenters. The number of aromatic nitrogens is 2. The molecule has 29 heavy (non-hydrogen) atoms. The van der Waals surface area contributed by atoms with Crippen LogP contribution in [0.5, 0.6) is 5.75 Å². The van der Waals surface area contributed by atoms with E-state index in [1.807, 2.05) is 0 Å². The minimum atomic E-state index is -1.74. The number of nitrogens with zero attached hydrogens (tertiary/aromatic N) is 2. The molecule has 0 aliphatic heterocycles. The van der Waals surface area contributed by atoms with Crippen molar-refractivity contribution >= 4 is 64.0 Å². The predicted octanol–water partition coefficient (Wildman–Crippen LogP) is 6.39. The fourth-order valence-corrected chi connectivity index (χ4v) is 3.34. The van der Waals surface area contributed by atoms with Gasteiger partial charge in [0.1, 0.15) is 12.4 Å². The minimum absolute atomic E-state index is 0.0355. The summed E-state index contributed by atoms with van der Waals surface area (Å²) in [5.41, 5.74) is 2.33. The van der Waals surface area contributed by atoms with Crippen molar-refractivity contribution in [3.63, 3.8) is 0 Å². The lowest BCUT2D eigenvalue weighted by Gasteiger charge is -2.11. The maximum absolute atomic E-state index is 12.6. The summed E-state index contributed by atoms with van der Waals surface area (Å²) in [4.78, 5) is 12.6. The van der Waals surface area contributed by atoms with Crippen molar-refractivity contribution in [1.82, 2.24) is 9.78 Å². The lowest BCUT2D eigenvalue weighted by atomic mass is 10.1. The molecule has 1 N–H and O–H groups in total. The summed E-state index contributed by atoms with van der Waals surface area (Å²) in [6.07, 6.45) is 0. The number of halogens is 5. The van der Waals surface area contributed by atoms with Gasteiger partial charge in [-0.1, -0.05) is 58.0 Å². The Morgan fingerprint density at radius 3 is 2.38 bits per heavy atom. The van der Waals surface area contributed by atoms with E-state index in [2.05, 4.69) is 5.10 Å². The van der Waals surface area contributed by atoms with E-state index in [9.17, 15) is 9.90 Å². The van der Waals surface area contributed by atoms with E-state index >= 15 is 0 Å². The van der Waals surface area contributed by atoms with Gasteiger partial charge in [-0.3, -0.25) is 0 Å². The topological polar surface area (TPSA) is 64.3 Å². The zero-order chi connectivity index (χ0) is 21.3. The number of hydrogen-bond donors (Lipinski definition) is 1. The van der Waals surface area contributed by atoms with Crippen LogP contribution < -0.4 is 0 Å². The summed E-state index contributed by atoms with van der Waals surface area (Å²) in [6, 6.07) is 11.3. The molecular formula is C19H13Cl5N2O3. The lowest BCUT2D eigenvalue weighted by Crippen LogP contribution is -2.18. The van der Waals surface area contributed by atoms with Crippen molar-refractivity contribution in [2.45, 2.75) is 10.7 Å². The van der Waals surface area contributed by atoms with Crippen LogP contribution in [0.15, 0.2) is 42.5 Å². The summed E-state index contributed by atoms with van der Waals surface area (Å²) in [7, 11) is 0. The third-order valence-corrected chi connectivity index (χ3v) is 4.83. The molecule has 3 aromatic rings. The number of hydrogen-bond acceptors (Lipinski definition) is 4. The molecule has 0 aliphatic carbocycles. The number of carbonyl (C=O) groups excluding carboxylic acids is 1. The zero-order valence-corrected chi connectivity index (χ0v) is 18.6. The Kier molecular flexibility index (Phi) is 6.56. The third kappa shape index (κ3) is 5.11. The van der Waals surface area contributed by atoms with Gasteiger partial charge in [-0.25, -0.2) is 9.48 Å². The van der Waals surface area contributed by atoms with Gasteiger partial charge in [0.05, 0.1) is 16.4 Å². The summed E-state index contributed by atoms with van der Waals surface area (Å²) in [5.74, 6) is -0.651. The standard InChI is InChI=1S/C19H13Cl5N2O3/c1-10-16(18(28)29-9-19(22,23)24)25-26(15-7-4-12(20)8-14(15)21)17(10)11-2-5-13(27)6-3-11/h2-8,27H,9H2,1H3. The molecule has 1 heterocycles. The lowest BCUT2D eigenvalue weighted by molar-refractivity contribution is 0.0504. The van der Waals surface area contributed by atoms with Gasteiger partial charge in [0.2, 0.25) is 3.79 Å². The Bertz CT molecular complexity index is 1060. The maximum Gasteiger partial charge on any atom is 0.359 e. The van der Waals surface area contributed by atoms with Gasteiger partial charge in [0, 0.05) is 16.1 Å². The maximum atomic E-state index is 12.6. The van der Waals surface area contributed by atoms with Crippen LogP contribution in [0.3, 0.4) is 0 Å². The summed E-state index contributed by atoms with van der Waals surface area (Å²) >= 11 is 29.3. The number of carbonyl (C=O) groups is 1. The molecule has 0 radical (unpaired) electrons. The molecule has 1 aromatic heterocycles. The number of ether oxygens (including phenoxy) is 1. The highest BCUT2D eigenvalue weighted by Crippen LogP contribution is 2.34. The monoisotopic (exact) mass is 492 g/mol. The quantitative estimate of drug-likeness (QED) is 0.337. The van der Waals surface area contributed by atoms with Crippen molar-refractivity contribution in [3.8, 4) is 22.7 Å². The average molecular weight is 495 g/mol. The Morgan fingerprint density at radius 2 is 1.79 bits per heavy atom. The molecule has 0 spiro atoms. The van der Waals surface area contributed by atoms with E-state index < -0.39 is 16.4 Å². The Morgan fingerprint density at radius 1 is 1.14 bits per heavy atom. The van der Waals surface area contributed by atoms with Gasteiger partial charge in [0.15, 0.2) is 5.69 Å². The largest absolute Gasteiger partial charge is 0.508 e. The number of benzene rings is 2. The van der Waals surface area contributed by atoms with Crippen LogP contribution in [-0.4, -0.2) is 31.3 Å². The fraction of sp³-hybridized carbons (Fsp3) is 0.158. The van der Waals surface area contributed by atoms with Gasteiger partial charge >= 0.3 is 5.97 Å². The highest BCUT2D eigenvalue weighted by molar-refractivity contribution is 6.67. The molecule has 0 saturated heterocycles. The Hall–Kier alpha value is -1.63. The van der Waals surface area contributed by atoms with Gasteiger partial charge in [0.25, 0.3) is 0 Å². The van der Waals surface area contributed by atoms with Gasteiger partial charge in [-0.15, -0.1) is 0 Å². The van der Waals surface area contributed by atoms with E-state index in [1.54, 1.807) is 37.3 Å². The third-order valence-electron chi connectivity index (χ3n) is 3.96. The number of rotatable bonds is 4. The van der Waals surface area contributed by atoms with Crippen molar-refractivity contribution in [1.29, 1.82) is 0 Å². The smallest absolute Gasteiger partial charge is 0.359 e. The van der Waals surface area contributed by atoms with Crippen LogP contribution in [-0.2, 0) is 4.74 Å². The van der Waals surface area contributed by atoms with Crippen molar-refractivity contribution in [3.05, 3.63) is 63.8 Å². The van der Waals surface area contributed by atoms with Gasteiger partial charge in [-0.2, -0.15) is 5.10 Å². The predicted molar refractivity (Wildman–Crippen MR) is 116 cm³/mol. The zero-order valence-electron chi connectivity index (χ0n) is 14.8. The molecule has 2 aromatic carbocycles. The van der Waals surface area contributed by atoms with E-state index in [4.69, 9.17) is 62.7 Å². The molecule has 0 bridgehead atoms. The second-order valence-corrected chi connectivity index (χ2v) is 9.43. The molecule has 3 rings (SSSR count). The Balaban J connectivity index is 2.15. The molecule has 0 atom stereocenters. The van der Waals surface area contributed by atoms with Crippen LogP contribution in [0.1, 0.15) is 16.1 Å². The first-order chi connectivity index (χ1) is 13.6. The fourth-order valence-electron chi connectivity index (χ4n) is 2.69. The van der Waals surface area contributed by atoms with Crippen LogP contribution in [0, 0.1) is 6.92 Å². The molecule has 0 aliphatic rings. The second-order valence-electron chi connectivity index (χ2n) is 6.07. The molecule has 152 valence electrons. The number of alkyl halides is 3. The first kappa shape index (κ1) is 22.1. The number of esters is 1. The second kappa shape index (κ2) is 8.62. The first-order valence-corrected chi connectivity index (χ1v) is 10.0. The normalized spacial score (nSPS) is 11.5. The molecule has 10 heteroatoms. The minimum Gasteiger partial charge on any atom is -0.508 e. The molecule has 0 amide bonds. The number of aromatic hydroxyl groups is 1. The molecule has 0 fully saturated rings. The SMILES string of the molecule is Cc1c(C(=O)OCC(Cl)(Cl)Cl)nn(-c2ccc(Cl)cc2Cl)c1-c1ccc(O)cc1. The van der Waals surface area contributed by atoms with Crippen molar-refractivity contribution in [2.24, 2.45) is 0 Å². The van der Waals surface area contributed by atoms with E-state index in [1.165, 1.54) is 16.8 Å². The van der Waals surface area contributed by atoms with E-state index in [0.29, 0.717) is 32.6 Å². The highest BCUT2D eigenvalue weighted by Gasteiger charge is 2.27.